The number of amides is 1. The van der Waals surface area contributed by atoms with Crippen LogP contribution in [-0.4, -0.2) is 44.7 Å². The van der Waals surface area contributed by atoms with Crippen LogP contribution in [0, 0.1) is 0 Å². The molecule has 1 amide bonds. The molecule has 0 saturated heterocycles. The van der Waals surface area contributed by atoms with Crippen LogP contribution in [0.1, 0.15) is 25.8 Å². The molecular weight excluding hydrogens is 322 g/mol. The number of nitrogens with zero attached hydrogens (tertiary/aromatic N) is 1. The second-order valence-corrected chi connectivity index (χ2v) is 5.55. The van der Waals surface area contributed by atoms with Crippen molar-refractivity contribution < 1.29 is 23.8 Å². The summed E-state index contributed by atoms with van der Waals surface area (Å²) in [5.74, 6) is 0.302. The third-order valence-electron chi connectivity index (χ3n) is 4.08. The van der Waals surface area contributed by atoms with Crippen molar-refractivity contribution in [3.05, 3.63) is 40.6 Å². The Morgan fingerprint density at radius 3 is 2.48 bits per heavy atom. The molecule has 0 bridgehead atoms. The number of rotatable bonds is 6. The van der Waals surface area contributed by atoms with Crippen LogP contribution >= 0.6 is 0 Å². The van der Waals surface area contributed by atoms with Gasteiger partial charge in [0.2, 0.25) is 0 Å². The fourth-order valence-electron chi connectivity index (χ4n) is 2.90. The van der Waals surface area contributed by atoms with E-state index in [4.69, 9.17) is 14.2 Å². The summed E-state index contributed by atoms with van der Waals surface area (Å²) >= 11 is 0. The van der Waals surface area contributed by atoms with Crippen molar-refractivity contribution in [1.82, 2.24) is 4.90 Å². The van der Waals surface area contributed by atoms with Crippen LogP contribution < -0.4 is 9.47 Å². The van der Waals surface area contributed by atoms with Gasteiger partial charge in [0, 0.05) is 17.8 Å². The Bertz CT molecular complexity index is 748. The van der Waals surface area contributed by atoms with Gasteiger partial charge in [-0.05, 0) is 25.5 Å². The van der Waals surface area contributed by atoms with E-state index in [0.717, 1.165) is 6.42 Å². The molecule has 1 aromatic rings. The third kappa shape index (κ3) is 3.38. The summed E-state index contributed by atoms with van der Waals surface area (Å²) in [7, 11) is 4.38. The Hall–Kier alpha value is -2.76. The first-order chi connectivity index (χ1) is 12.0. The molecule has 0 N–H and O–H groups in total. The van der Waals surface area contributed by atoms with Gasteiger partial charge >= 0.3 is 5.97 Å². The highest BCUT2D eigenvalue weighted by Crippen LogP contribution is 2.36. The van der Waals surface area contributed by atoms with E-state index in [1.165, 1.54) is 14.2 Å². The van der Waals surface area contributed by atoms with Crippen molar-refractivity contribution in [3.8, 4) is 11.5 Å². The lowest BCUT2D eigenvalue weighted by Gasteiger charge is -2.16. The van der Waals surface area contributed by atoms with E-state index >= 15 is 0 Å². The second kappa shape index (κ2) is 7.88. The minimum absolute atomic E-state index is 0.218. The number of benzene rings is 1. The maximum absolute atomic E-state index is 12.8. The molecule has 2 rings (SSSR count). The van der Waals surface area contributed by atoms with Crippen LogP contribution in [0.5, 0.6) is 11.5 Å². The lowest BCUT2D eigenvalue weighted by atomic mass is 10.0. The normalized spacial score (nSPS) is 15.8. The molecular formula is C19H23NO5. The Morgan fingerprint density at radius 1 is 1.20 bits per heavy atom. The first-order valence-electron chi connectivity index (χ1n) is 8.04. The molecule has 6 heteroatoms. The van der Waals surface area contributed by atoms with E-state index in [1.54, 1.807) is 43.2 Å². The molecule has 134 valence electrons. The van der Waals surface area contributed by atoms with Crippen LogP contribution in [-0.2, 0) is 14.3 Å². The molecule has 0 aromatic heterocycles. The van der Waals surface area contributed by atoms with Crippen molar-refractivity contribution in [2.75, 3.05) is 27.9 Å². The predicted octanol–water partition coefficient (Wildman–Crippen LogP) is 2.79. The van der Waals surface area contributed by atoms with E-state index < -0.39 is 5.97 Å². The standard InChI is InChI=1S/C19H23NO5/c1-6-10-20-12(2)16(19(22)25-5)14(18(20)21)11-13-8-7-9-15(23-3)17(13)24-4/h7-9,11H,6,10H2,1-5H3. The maximum Gasteiger partial charge on any atom is 0.340 e. The molecule has 0 aliphatic carbocycles. The number of allylic oxidation sites excluding steroid dienone is 1. The number of carbonyl (C=O) groups excluding carboxylic acids is 2. The van der Waals surface area contributed by atoms with Gasteiger partial charge in [0.15, 0.2) is 11.5 Å². The second-order valence-electron chi connectivity index (χ2n) is 5.55. The SMILES string of the molecule is CCCN1C(=O)C(=Cc2cccc(OC)c2OC)C(C(=O)OC)=C1C. The van der Waals surface area contributed by atoms with Crippen LogP contribution in [0.2, 0.25) is 0 Å². The number of carbonyl (C=O) groups is 2. The largest absolute Gasteiger partial charge is 0.493 e. The first kappa shape index (κ1) is 18.6. The van der Waals surface area contributed by atoms with Crippen LogP contribution in [0.15, 0.2) is 35.0 Å². The van der Waals surface area contributed by atoms with Crippen molar-refractivity contribution in [2.24, 2.45) is 0 Å². The molecule has 0 saturated carbocycles. The van der Waals surface area contributed by atoms with Gasteiger partial charge in [0.25, 0.3) is 5.91 Å². The summed E-state index contributed by atoms with van der Waals surface area (Å²) in [6.45, 7) is 4.27. The van der Waals surface area contributed by atoms with Gasteiger partial charge in [-0.2, -0.15) is 0 Å². The van der Waals surface area contributed by atoms with Crippen molar-refractivity contribution >= 4 is 18.0 Å². The molecule has 0 atom stereocenters. The maximum atomic E-state index is 12.8. The third-order valence-corrected chi connectivity index (χ3v) is 4.08. The average molecular weight is 345 g/mol. The lowest BCUT2D eigenvalue weighted by molar-refractivity contribution is -0.136. The monoisotopic (exact) mass is 345 g/mol. The van der Waals surface area contributed by atoms with Crippen LogP contribution in [0.4, 0.5) is 0 Å². The van der Waals surface area contributed by atoms with E-state index in [2.05, 4.69) is 0 Å². The first-order valence-corrected chi connectivity index (χ1v) is 8.04. The van der Waals surface area contributed by atoms with Crippen LogP contribution in [0.25, 0.3) is 6.08 Å². The van der Waals surface area contributed by atoms with E-state index in [-0.39, 0.29) is 11.5 Å². The van der Waals surface area contributed by atoms with Gasteiger partial charge in [-0.1, -0.05) is 19.1 Å². The molecule has 6 nitrogen and oxygen atoms in total. The number of para-hydroxylation sites is 1. The molecule has 0 spiro atoms. The molecule has 25 heavy (non-hydrogen) atoms. The summed E-state index contributed by atoms with van der Waals surface area (Å²) in [5.41, 5.74) is 1.83. The quantitative estimate of drug-likeness (QED) is 0.586. The molecule has 0 unspecified atom stereocenters. The predicted molar refractivity (Wildman–Crippen MR) is 94.2 cm³/mol. The van der Waals surface area contributed by atoms with Gasteiger partial charge < -0.3 is 19.1 Å². The number of hydrogen-bond donors (Lipinski definition) is 0. The fourth-order valence-corrected chi connectivity index (χ4v) is 2.90. The number of hydrogen-bond acceptors (Lipinski definition) is 5. The zero-order valence-electron chi connectivity index (χ0n) is 15.2. The molecule has 0 radical (unpaired) electrons. The van der Waals surface area contributed by atoms with Crippen molar-refractivity contribution in [2.45, 2.75) is 20.3 Å². The number of methoxy groups -OCH3 is 3. The fraction of sp³-hybridized carbons (Fsp3) is 0.368. The number of ether oxygens (including phenoxy) is 3. The van der Waals surface area contributed by atoms with E-state index in [9.17, 15) is 9.59 Å². The Morgan fingerprint density at radius 2 is 1.92 bits per heavy atom. The summed E-state index contributed by atoms with van der Waals surface area (Å²) in [6.07, 6.45) is 2.43. The minimum atomic E-state index is -0.530. The van der Waals surface area contributed by atoms with Gasteiger partial charge in [-0.15, -0.1) is 0 Å². The molecule has 0 fully saturated rings. The Balaban J connectivity index is 2.62. The highest BCUT2D eigenvalue weighted by Gasteiger charge is 2.36. The Labute approximate surface area is 147 Å². The summed E-state index contributed by atoms with van der Waals surface area (Å²) in [5, 5.41) is 0. The summed E-state index contributed by atoms with van der Waals surface area (Å²) in [6, 6.07) is 5.36. The highest BCUT2D eigenvalue weighted by molar-refractivity contribution is 6.16. The lowest BCUT2D eigenvalue weighted by Crippen LogP contribution is -2.25. The van der Waals surface area contributed by atoms with Crippen LogP contribution in [0.3, 0.4) is 0 Å². The summed E-state index contributed by atoms with van der Waals surface area (Å²) < 4.78 is 15.6. The summed E-state index contributed by atoms with van der Waals surface area (Å²) in [4.78, 5) is 26.7. The topological polar surface area (TPSA) is 65.1 Å². The van der Waals surface area contributed by atoms with Gasteiger partial charge in [-0.3, -0.25) is 4.79 Å². The molecule has 1 aliphatic rings. The van der Waals surface area contributed by atoms with Gasteiger partial charge in [-0.25, -0.2) is 4.79 Å². The zero-order valence-corrected chi connectivity index (χ0v) is 15.2. The minimum Gasteiger partial charge on any atom is -0.493 e. The average Bonchev–Trinajstić information content (AvgIpc) is 2.85. The zero-order chi connectivity index (χ0) is 18.6. The van der Waals surface area contributed by atoms with Crippen molar-refractivity contribution in [1.29, 1.82) is 0 Å². The van der Waals surface area contributed by atoms with E-state index in [1.807, 2.05) is 6.92 Å². The van der Waals surface area contributed by atoms with Gasteiger partial charge in [0.1, 0.15) is 0 Å². The highest BCUT2D eigenvalue weighted by atomic mass is 16.5. The van der Waals surface area contributed by atoms with Gasteiger partial charge in [0.05, 0.1) is 32.5 Å². The van der Waals surface area contributed by atoms with Crippen molar-refractivity contribution in [3.63, 3.8) is 0 Å². The van der Waals surface area contributed by atoms with E-state index in [0.29, 0.717) is 34.9 Å². The molecule has 1 aromatic carbocycles. The smallest absolute Gasteiger partial charge is 0.340 e. The molecule has 1 aliphatic heterocycles. The Kier molecular flexibility index (Phi) is 5.85. The number of esters is 1. The molecule has 1 heterocycles.